The van der Waals surface area contributed by atoms with Gasteiger partial charge in [-0.3, -0.25) is 9.69 Å². The molecule has 0 radical (unpaired) electrons. The maximum atomic E-state index is 12.6. The molecule has 4 rings (SSSR count). The van der Waals surface area contributed by atoms with Crippen molar-refractivity contribution >= 4 is 5.91 Å². The predicted molar refractivity (Wildman–Crippen MR) is 111 cm³/mol. The number of carbonyl (C=O) groups excluding carboxylic acids is 1. The van der Waals surface area contributed by atoms with E-state index in [1.54, 1.807) is 4.90 Å². The lowest BCUT2D eigenvalue weighted by Gasteiger charge is -2.25. The number of carbonyl (C=O) groups is 1. The van der Waals surface area contributed by atoms with E-state index in [0.29, 0.717) is 50.5 Å². The minimum absolute atomic E-state index is 0.0703. The van der Waals surface area contributed by atoms with Crippen molar-refractivity contribution in [2.75, 3.05) is 26.3 Å². The molecule has 156 valence electrons. The molecule has 1 aliphatic carbocycles. The first kappa shape index (κ1) is 20.1. The molecule has 1 saturated heterocycles. The Kier molecular flexibility index (Phi) is 5.74. The molecule has 0 N–H and O–H groups in total. The minimum atomic E-state index is -0.0703. The summed E-state index contributed by atoms with van der Waals surface area (Å²) in [7, 11) is 0. The number of amides is 1. The average molecular weight is 398 g/mol. The smallest absolute Gasteiger partial charge is 0.275 e. The molecule has 2 fully saturated rings. The van der Waals surface area contributed by atoms with Crippen LogP contribution in [0.5, 0.6) is 0 Å². The molecule has 29 heavy (non-hydrogen) atoms. The number of nitrogens with zero attached hydrogens (tertiary/aromatic N) is 3. The number of aromatic nitrogens is 1. The Morgan fingerprint density at radius 3 is 2.45 bits per heavy atom. The summed E-state index contributed by atoms with van der Waals surface area (Å²) < 4.78 is 11.0. The molecule has 2 aromatic rings. The van der Waals surface area contributed by atoms with Gasteiger partial charge >= 0.3 is 0 Å². The largest absolute Gasteiger partial charge is 0.447 e. The third-order valence-electron chi connectivity index (χ3n) is 5.68. The maximum absolute atomic E-state index is 12.6. The standard InChI is InChI=1S/C23H31N3O3/c1-23(2,3)18-6-4-17(5-7-18)14-26(19-8-9-19)15-21-24-20(16-29-21)22(27)25-10-12-28-13-11-25/h4-7,16,19H,8-15H2,1-3H3. The van der Waals surface area contributed by atoms with Gasteiger partial charge in [0.2, 0.25) is 5.89 Å². The Morgan fingerprint density at radius 1 is 1.14 bits per heavy atom. The van der Waals surface area contributed by atoms with Gasteiger partial charge in [-0.05, 0) is 29.4 Å². The van der Waals surface area contributed by atoms with Crippen LogP contribution in [0.2, 0.25) is 0 Å². The van der Waals surface area contributed by atoms with Crippen molar-refractivity contribution in [1.29, 1.82) is 0 Å². The Bertz CT molecular complexity index is 828. The zero-order chi connectivity index (χ0) is 20.4. The van der Waals surface area contributed by atoms with Crippen molar-refractivity contribution in [3.8, 4) is 0 Å². The van der Waals surface area contributed by atoms with Gasteiger partial charge in [-0.2, -0.15) is 0 Å². The van der Waals surface area contributed by atoms with Crippen LogP contribution in [0.25, 0.3) is 0 Å². The molecule has 2 heterocycles. The summed E-state index contributed by atoms with van der Waals surface area (Å²) in [6, 6.07) is 9.47. The number of hydrogen-bond donors (Lipinski definition) is 0. The maximum Gasteiger partial charge on any atom is 0.275 e. The summed E-state index contributed by atoms with van der Waals surface area (Å²) in [5.74, 6) is 0.541. The number of oxazole rings is 1. The molecule has 1 aromatic heterocycles. The lowest BCUT2D eigenvalue weighted by Crippen LogP contribution is -2.40. The van der Waals surface area contributed by atoms with Crippen LogP contribution in [0.1, 0.15) is 61.1 Å². The molecule has 1 aliphatic heterocycles. The highest BCUT2D eigenvalue weighted by atomic mass is 16.5. The Labute approximate surface area is 172 Å². The lowest BCUT2D eigenvalue weighted by molar-refractivity contribution is 0.0299. The topological polar surface area (TPSA) is 58.8 Å². The molecule has 0 atom stereocenters. The Balaban J connectivity index is 1.40. The molecule has 1 aromatic carbocycles. The molecule has 6 heteroatoms. The number of ether oxygens (including phenoxy) is 1. The molecule has 0 spiro atoms. The van der Waals surface area contributed by atoms with E-state index in [4.69, 9.17) is 9.15 Å². The number of benzene rings is 1. The third kappa shape index (κ3) is 5.06. The second-order valence-electron chi connectivity index (χ2n) is 9.11. The SMILES string of the molecule is CC(C)(C)c1ccc(CN(Cc2nc(C(=O)N3CCOCC3)co2)C2CC2)cc1. The fourth-order valence-electron chi connectivity index (χ4n) is 3.68. The molecule has 1 saturated carbocycles. The molecule has 0 unspecified atom stereocenters. The van der Waals surface area contributed by atoms with Crippen LogP contribution < -0.4 is 0 Å². The fourth-order valence-corrected chi connectivity index (χ4v) is 3.68. The number of rotatable bonds is 6. The van der Waals surface area contributed by atoms with Crippen LogP contribution in [-0.2, 0) is 23.2 Å². The van der Waals surface area contributed by atoms with Gasteiger partial charge in [0.15, 0.2) is 5.69 Å². The van der Waals surface area contributed by atoms with Crippen LogP contribution in [0.3, 0.4) is 0 Å². The third-order valence-corrected chi connectivity index (χ3v) is 5.68. The Morgan fingerprint density at radius 2 is 1.83 bits per heavy atom. The van der Waals surface area contributed by atoms with Crippen LogP contribution >= 0.6 is 0 Å². The summed E-state index contributed by atoms with van der Waals surface area (Å²) in [6.45, 7) is 10.6. The average Bonchev–Trinajstić information content (AvgIpc) is 3.46. The molecule has 6 nitrogen and oxygen atoms in total. The zero-order valence-electron chi connectivity index (χ0n) is 17.7. The Hall–Kier alpha value is -2.18. The van der Waals surface area contributed by atoms with E-state index >= 15 is 0 Å². The first-order valence-electron chi connectivity index (χ1n) is 10.5. The van der Waals surface area contributed by atoms with Gasteiger partial charge in [-0.25, -0.2) is 4.98 Å². The molecule has 0 bridgehead atoms. The van der Waals surface area contributed by atoms with Crippen molar-refractivity contribution in [1.82, 2.24) is 14.8 Å². The van der Waals surface area contributed by atoms with Crippen molar-refractivity contribution in [2.45, 2.75) is 58.2 Å². The summed E-state index contributed by atoms with van der Waals surface area (Å²) in [5, 5.41) is 0. The number of hydrogen-bond acceptors (Lipinski definition) is 5. The van der Waals surface area contributed by atoms with E-state index in [1.165, 1.54) is 30.2 Å². The molecule has 2 aliphatic rings. The van der Waals surface area contributed by atoms with Gasteiger partial charge in [-0.15, -0.1) is 0 Å². The van der Waals surface area contributed by atoms with Crippen molar-refractivity contribution < 1.29 is 13.9 Å². The second-order valence-corrected chi connectivity index (χ2v) is 9.11. The van der Waals surface area contributed by atoms with E-state index in [9.17, 15) is 4.79 Å². The number of morpholine rings is 1. The van der Waals surface area contributed by atoms with Gasteiger partial charge in [0.1, 0.15) is 6.26 Å². The van der Waals surface area contributed by atoms with Gasteiger partial charge < -0.3 is 14.1 Å². The van der Waals surface area contributed by atoms with Crippen LogP contribution in [0.4, 0.5) is 0 Å². The van der Waals surface area contributed by atoms with Crippen LogP contribution in [0.15, 0.2) is 34.9 Å². The molecular formula is C23H31N3O3. The minimum Gasteiger partial charge on any atom is -0.447 e. The summed E-state index contributed by atoms with van der Waals surface area (Å²) in [4.78, 5) is 21.2. The van der Waals surface area contributed by atoms with E-state index in [0.717, 1.165) is 6.54 Å². The van der Waals surface area contributed by atoms with Gasteiger partial charge in [0.05, 0.1) is 19.8 Å². The monoisotopic (exact) mass is 397 g/mol. The highest BCUT2D eigenvalue weighted by Crippen LogP contribution is 2.30. The summed E-state index contributed by atoms with van der Waals surface area (Å²) in [5.41, 5.74) is 3.20. The second kappa shape index (κ2) is 8.28. The fraction of sp³-hybridized carbons (Fsp3) is 0.565. The first-order chi connectivity index (χ1) is 13.9. The van der Waals surface area contributed by atoms with Crippen molar-refractivity contribution in [3.63, 3.8) is 0 Å². The van der Waals surface area contributed by atoms with Gasteiger partial charge in [-0.1, -0.05) is 45.0 Å². The van der Waals surface area contributed by atoms with E-state index in [1.807, 2.05) is 0 Å². The van der Waals surface area contributed by atoms with E-state index in [-0.39, 0.29) is 11.3 Å². The lowest BCUT2D eigenvalue weighted by atomic mass is 9.87. The molecule has 1 amide bonds. The van der Waals surface area contributed by atoms with Gasteiger partial charge in [0.25, 0.3) is 5.91 Å². The van der Waals surface area contributed by atoms with Gasteiger partial charge in [0, 0.05) is 25.7 Å². The van der Waals surface area contributed by atoms with Crippen molar-refractivity contribution in [2.24, 2.45) is 0 Å². The van der Waals surface area contributed by atoms with Crippen LogP contribution in [0, 0.1) is 0 Å². The van der Waals surface area contributed by atoms with E-state index in [2.05, 4.69) is 54.9 Å². The first-order valence-corrected chi connectivity index (χ1v) is 10.5. The summed E-state index contributed by atoms with van der Waals surface area (Å²) in [6.07, 6.45) is 3.91. The highest BCUT2D eigenvalue weighted by Gasteiger charge is 2.30. The van der Waals surface area contributed by atoms with Crippen molar-refractivity contribution in [3.05, 3.63) is 53.2 Å². The van der Waals surface area contributed by atoms with Crippen LogP contribution in [-0.4, -0.2) is 53.0 Å². The van der Waals surface area contributed by atoms with E-state index < -0.39 is 0 Å². The zero-order valence-corrected chi connectivity index (χ0v) is 17.7. The normalized spacial score (nSPS) is 17.7. The predicted octanol–water partition coefficient (Wildman–Crippen LogP) is 3.61. The highest BCUT2D eigenvalue weighted by molar-refractivity contribution is 5.92. The summed E-state index contributed by atoms with van der Waals surface area (Å²) >= 11 is 0. The molecular weight excluding hydrogens is 366 g/mol. The quantitative estimate of drug-likeness (QED) is 0.745.